The van der Waals surface area contributed by atoms with Crippen LogP contribution in [0.4, 0.5) is 0 Å². The minimum Gasteiger partial charge on any atom is -0.504 e. The molecule has 0 unspecified atom stereocenters. The molecule has 0 spiro atoms. The zero-order valence-corrected chi connectivity index (χ0v) is 8.59. The Morgan fingerprint density at radius 2 is 1.86 bits per heavy atom. The molecule has 3 nitrogen and oxygen atoms in total. The van der Waals surface area contributed by atoms with E-state index in [-0.39, 0.29) is 16.5 Å². The predicted octanol–water partition coefficient (Wildman–Crippen LogP) is 2.03. The van der Waals surface area contributed by atoms with Crippen LogP contribution in [0.5, 0.6) is 11.5 Å². The Labute approximate surface area is 88.1 Å². The van der Waals surface area contributed by atoms with Crippen molar-refractivity contribution in [3.8, 4) is 11.5 Å². The van der Waals surface area contributed by atoms with Crippen LogP contribution in [0, 0.1) is 0 Å². The van der Waals surface area contributed by atoms with Gasteiger partial charge in [-0.3, -0.25) is 0 Å². The number of halogens is 1. The number of unbranched alkanes of at least 4 members (excludes halogenated alkanes) is 1. The first kappa shape index (κ1) is 11.1. The number of phenols is 2. The van der Waals surface area contributed by atoms with Crippen LogP contribution in [0.2, 0.25) is 5.02 Å². The second-order valence-corrected chi connectivity index (χ2v) is 3.56. The molecule has 78 valence electrons. The molecule has 14 heavy (non-hydrogen) atoms. The van der Waals surface area contributed by atoms with Crippen molar-refractivity contribution in [2.24, 2.45) is 5.73 Å². The van der Waals surface area contributed by atoms with Gasteiger partial charge in [-0.1, -0.05) is 17.7 Å². The summed E-state index contributed by atoms with van der Waals surface area (Å²) >= 11 is 5.62. The average Bonchev–Trinajstić information content (AvgIpc) is 2.18. The highest BCUT2D eigenvalue weighted by molar-refractivity contribution is 6.32. The number of phenolic OH excluding ortho intramolecular Hbond substituents is 2. The zero-order valence-electron chi connectivity index (χ0n) is 7.83. The summed E-state index contributed by atoms with van der Waals surface area (Å²) in [6.45, 7) is 0.639. The SMILES string of the molecule is NCCCCc1ccc(Cl)c(O)c1O. The molecule has 0 saturated heterocycles. The van der Waals surface area contributed by atoms with E-state index in [2.05, 4.69) is 0 Å². The van der Waals surface area contributed by atoms with E-state index in [0.29, 0.717) is 18.5 Å². The van der Waals surface area contributed by atoms with E-state index in [4.69, 9.17) is 17.3 Å². The van der Waals surface area contributed by atoms with Crippen molar-refractivity contribution in [2.75, 3.05) is 6.54 Å². The van der Waals surface area contributed by atoms with Crippen molar-refractivity contribution in [1.82, 2.24) is 0 Å². The van der Waals surface area contributed by atoms with Crippen molar-refractivity contribution < 1.29 is 10.2 Å². The van der Waals surface area contributed by atoms with E-state index in [1.54, 1.807) is 12.1 Å². The molecule has 0 saturated carbocycles. The van der Waals surface area contributed by atoms with Crippen LogP contribution < -0.4 is 5.73 Å². The Morgan fingerprint density at radius 1 is 1.14 bits per heavy atom. The average molecular weight is 216 g/mol. The number of hydrogen-bond donors (Lipinski definition) is 3. The van der Waals surface area contributed by atoms with Crippen LogP contribution in [0.25, 0.3) is 0 Å². The number of nitrogens with two attached hydrogens (primary N) is 1. The summed E-state index contributed by atoms with van der Waals surface area (Å²) in [5.74, 6) is -0.355. The fraction of sp³-hybridized carbons (Fsp3) is 0.400. The molecule has 0 heterocycles. The van der Waals surface area contributed by atoms with Gasteiger partial charge in [0.2, 0.25) is 0 Å². The molecule has 1 rings (SSSR count). The summed E-state index contributed by atoms with van der Waals surface area (Å²) in [5, 5.41) is 19.0. The first-order valence-corrected chi connectivity index (χ1v) is 4.94. The quantitative estimate of drug-likeness (QED) is 0.532. The molecule has 0 amide bonds. The molecule has 1 aromatic carbocycles. The molecule has 0 aliphatic heterocycles. The van der Waals surface area contributed by atoms with Crippen molar-refractivity contribution in [3.05, 3.63) is 22.7 Å². The van der Waals surface area contributed by atoms with Gasteiger partial charge < -0.3 is 15.9 Å². The summed E-state index contributed by atoms with van der Waals surface area (Å²) in [5.41, 5.74) is 6.06. The molecule has 4 N–H and O–H groups in total. The first-order valence-electron chi connectivity index (χ1n) is 4.56. The zero-order chi connectivity index (χ0) is 10.6. The second kappa shape index (κ2) is 5.08. The largest absolute Gasteiger partial charge is 0.504 e. The van der Waals surface area contributed by atoms with Crippen molar-refractivity contribution in [2.45, 2.75) is 19.3 Å². The number of benzene rings is 1. The van der Waals surface area contributed by atoms with Crippen LogP contribution in [-0.2, 0) is 6.42 Å². The van der Waals surface area contributed by atoms with E-state index in [0.717, 1.165) is 12.8 Å². The molecule has 0 atom stereocenters. The molecule has 1 aromatic rings. The first-order chi connectivity index (χ1) is 6.66. The Morgan fingerprint density at radius 3 is 2.50 bits per heavy atom. The summed E-state index contributed by atoms with van der Waals surface area (Å²) in [6.07, 6.45) is 2.50. The van der Waals surface area contributed by atoms with Gasteiger partial charge in [-0.25, -0.2) is 0 Å². The lowest BCUT2D eigenvalue weighted by Crippen LogP contribution is -1.99. The van der Waals surface area contributed by atoms with E-state index in [1.807, 2.05) is 0 Å². The maximum atomic E-state index is 9.51. The Hall–Kier alpha value is -0.930. The maximum absolute atomic E-state index is 9.51. The van der Waals surface area contributed by atoms with Crippen LogP contribution in [0.1, 0.15) is 18.4 Å². The van der Waals surface area contributed by atoms with Gasteiger partial charge in [-0.2, -0.15) is 0 Å². The second-order valence-electron chi connectivity index (χ2n) is 3.15. The lowest BCUT2D eigenvalue weighted by Gasteiger charge is -2.06. The van der Waals surface area contributed by atoms with Gasteiger partial charge >= 0.3 is 0 Å². The van der Waals surface area contributed by atoms with Crippen LogP contribution in [-0.4, -0.2) is 16.8 Å². The number of rotatable bonds is 4. The standard InChI is InChI=1S/C10H14ClNO2/c11-8-5-4-7(3-1-2-6-12)9(13)10(8)14/h4-5,13-14H,1-3,6,12H2. The van der Waals surface area contributed by atoms with Gasteiger partial charge in [0, 0.05) is 0 Å². The van der Waals surface area contributed by atoms with Crippen molar-refractivity contribution in [3.63, 3.8) is 0 Å². The molecular formula is C10H14ClNO2. The van der Waals surface area contributed by atoms with Crippen LogP contribution >= 0.6 is 11.6 Å². The topological polar surface area (TPSA) is 66.5 Å². The van der Waals surface area contributed by atoms with E-state index >= 15 is 0 Å². The highest BCUT2D eigenvalue weighted by atomic mass is 35.5. The van der Waals surface area contributed by atoms with Gasteiger partial charge in [0.25, 0.3) is 0 Å². The molecular weight excluding hydrogens is 202 g/mol. The predicted molar refractivity (Wildman–Crippen MR) is 56.8 cm³/mol. The molecule has 0 fully saturated rings. The molecule has 0 aliphatic rings. The maximum Gasteiger partial charge on any atom is 0.176 e. The van der Waals surface area contributed by atoms with Crippen molar-refractivity contribution >= 4 is 11.6 Å². The fourth-order valence-corrected chi connectivity index (χ4v) is 1.41. The Kier molecular flexibility index (Phi) is 4.04. The number of aryl methyl sites for hydroxylation is 1. The van der Waals surface area contributed by atoms with Gasteiger partial charge in [-0.05, 0) is 37.4 Å². The Bertz CT molecular complexity index is 315. The normalized spacial score (nSPS) is 10.4. The fourth-order valence-electron chi connectivity index (χ4n) is 1.26. The molecule has 0 aliphatic carbocycles. The smallest absolute Gasteiger partial charge is 0.176 e. The molecule has 0 radical (unpaired) electrons. The molecule has 4 heteroatoms. The summed E-state index contributed by atoms with van der Waals surface area (Å²) < 4.78 is 0. The minimum absolute atomic E-state index is 0.116. The summed E-state index contributed by atoms with van der Waals surface area (Å²) in [7, 11) is 0. The minimum atomic E-state index is -0.239. The summed E-state index contributed by atoms with van der Waals surface area (Å²) in [4.78, 5) is 0. The lowest BCUT2D eigenvalue weighted by atomic mass is 10.1. The number of aromatic hydroxyl groups is 2. The Balaban J connectivity index is 2.73. The lowest BCUT2D eigenvalue weighted by molar-refractivity contribution is 0.399. The summed E-state index contributed by atoms with van der Waals surface area (Å²) in [6, 6.07) is 3.29. The van der Waals surface area contributed by atoms with Crippen LogP contribution in [0.3, 0.4) is 0 Å². The van der Waals surface area contributed by atoms with E-state index in [1.165, 1.54) is 0 Å². The van der Waals surface area contributed by atoms with Crippen LogP contribution in [0.15, 0.2) is 12.1 Å². The molecule has 0 bridgehead atoms. The van der Waals surface area contributed by atoms with Crippen molar-refractivity contribution in [1.29, 1.82) is 0 Å². The van der Waals surface area contributed by atoms with E-state index in [9.17, 15) is 10.2 Å². The monoisotopic (exact) mass is 215 g/mol. The highest BCUT2D eigenvalue weighted by Crippen LogP contribution is 2.36. The third-order valence-corrected chi connectivity index (χ3v) is 2.39. The van der Waals surface area contributed by atoms with Gasteiger partial charge in [0.05, 0.1) is 5.02 Å². The third-order valence-electron chi connectivity index (χ3n) is 2.09. The number of hydrogen-bond acceptors (Lipinski definition) is 3. The third kappa shape index (κ3) is 2.53. The van der Waals surface area contributed by atoms with Gasteiger partial charge in [-0.15, -0.1) is 0 Å². The van der Waals surface area contributed by atoms with Gasteiger partial charge in [0.1, 0.15) is 0 Å². The van der Waals surface area contributed by atoms with E-state index < -0.39 is 0 Å². The molecule has 0 aromatic heterocycles. The van der Waals surface area contributed by atoms with Gasteiger partial charge in [0.15, 0.2) is 11.5 Å². The highest BCUT2D eigenvalue weighted by Gasteiger charge is 2.09.